The lowest BCUT2D eigenvalue weighted by atomic mass is 9.82. The Morgan fingerprint density at radius 3 is 3.04 bits per heavy atom. The molecule has 0 saturated heterocycles. The highest BCUT2D eigenvalue weighted by Gasteiger charge is 2.59. The van der Waals surface area contributed by atoms with Crippen LogP contribution >= 0.6 is 0 Å². The van der Waals surface area contributed by atoms with E-state index in [0.29, 0.717) is 23.9 Å². The number of ether oxygens (including phenoxy) is 2. The summed E-state index contributed by atoms with van der Waals surface area (Å²) in [6, 6.07) is 7.78. The minimum Gasteiger partial charge on any atom is -0.490 e. The van der Waals surface area contributed by atoms with Crippen LogP contribution in [0.15, 0.2) is 24.3 Å². The smallest absolute Gasteiger partial charge is 0.263 e. The lowest BCUT2D eigenvalue weighted by Gasteiger charge is -2.21. The monoisotopic (exact) mass is 311 g/mol. The molecule has 118 valence electrons. The van der Waals surface area contributed by atoms with E-state index in [1.165, 1.54) is 5.69 Å². The molecule has 2 aromatic heterocycles. The molecule has 0 bridgehead atoms. The van der Waals surface area contributed by atoms with Crippen molar-refractivity contribution in [2.45, 2.75) is 24.7 Å². The van der Waals surface area contributed by atoms with Crippen LogP contribution in [-0.4, -0.2) is 35.8 Å². The first-order valence-corrected chi connectivity index (χ1v) is 7.97. The van der Waals surface area contributed by atoms with E-state index in [1.54, 1.807) is 13.2 Å². The number of hydrogen-bond acceptors (Lipinski definition) is 4. The number of pyridine rings is 1. The van der Waals surface area contributed by atoms with E-state index in [1.807, 2.05) is 11.1 Å². The van der Waals surface area contributed by atoms with Gasteiger partial charge >= 0.3 is 0 Å². The fourth-order valence-corrected chi connectivity index (χ4v) is 4.04. The van der Waals surface area contributed by atoms with Crippen LogP contribution in [0.3, 0.4) is 0 Å². The van der Waals surface area contributed by atoms with Crippen LogP contribution in [0.25, 0.3) is 0 Å². The number of rotatable bonds is 1. The maximum atomic E-state index is 13.3. The number of hydrogen-bond donors (Lipinski definition) is 0. The summed E-state index contributed by atoms with van der Waals surface area (Å²) in [6.07, 6.45) is 3.13. The van der Waals surface area contributed by atoms with Crippen molar-refractivity contribution in [3.05, 3.63) is 41.3 Å². The first-order valence-electron chi connectivity index (χ1n) is 7.97. The van der Waals surface area contributed by atoms with Gasteiger partial charge in [-0.15, -0.1) is 0 Å². The second kappa shape index (κ2) is 4.28. The van der Waals surface area contributed by atoms with E-state index in [-0.39, 0.29) is 5.91 Å². The second-order valence-corrected chi connectivity index (χ2v) is 6.30. The third-order valence-electron chi connectivity index (χ3n) is 5.16. The molecule has 6 nitrogen and oxygen atoms in total. The maximum Gasteiger partial charge on any atom is 0.263 e. The molecule has 3 aliphatic heterocycles. The van der Waals surface area contributed by atoms with Crippen molar-refractivity contribution in [3.63, 3.8) is 0 Å². The first-order chi connectivity index (χ1) is 11.3. The van der Waals surface area contributed by atoms with E-state index < -0.39 is 5.41 Å². The lowest BCUT2D eigenvalue weighted by molar-refractivity contribution is -0.122. The Kier molecular flexibility index (Phi) is 2.42. The minimum absolute atomic E-state index is 0.0655. The van der Waals surface area contributed by atoms with Crippen LogP contribution in [0.4, 0.5) is 0 Å². The fourth-order valence-electron chi connectivity index (χ4n) is 4.04. The van der Waals surface area contributed by atoms with Gasteiger partial charge in [-0.2, -0.15) is 0 Å². The average Bonchev–Trinajstić information content (AvgIpc) is 3.16. The van der Waals surface area contributed by atoms with Crippen LogP contribution in [0.5, 0.6) is 11.6 Å². The molecule has 0 radical (unpaired) electrons. The molecule has 6 heteroatoms. The standard InChI is InChI=1S/C17H17N3O3/c1-22-14-8-6-12-15(18-14)17(10-23-12)13-7-5-11-4-2-3-9-19(16(17)21)20(11)13/h5-8H,2-4,9-10H2,1H3. The Morgan fingerprint density at radius 2 is 2.17 bits per heavy atom. The molecule has 0 fully saturated rings. The molecular weight excluding hydrogens is 294 g/mol. The molecule has 0 aromatic carbocycles. The highest BCUT2D eigenvalue weighted by Crippen LogP contribution is 2.48. The Morgan fingerprint density at radius 1 is 1.26 bits per heavy atom. The zero-order valence-corrected chi connectivity index (χ0v) is 12.9. The van der Waals surface area contributed by atoms with Gasteiger partial charge in [-0.25, -0.2) is 9.99 Å². The van der Waals surface area contributed by atoms with Crippen molar-refractivity contribution in [2.24, 2.45) is 0 Å². The van der Waals surface area contributed by atoms with E-state index in [2.05, 4.69) is 21.8 Å². The number of aromatic nitrogens is 2. The van der Waals surface area contributed by atoms with E-state index in [4.69, 9.17) is 9.47 Å². The lowest BCUT2D eigenvalue weighted by Crippen LogP contribution is -2.45. The van der Waals surface area contributed by atoms with Gasteiger partial charge in [-0.05, 0) is 37.5 Å². The first kappa shape index (κ1) is 13.0. The number of carbonyl (C=O) groups is 1. The zero-order chi connectivity index (χ0) is 15.6. The predicted octanol–water partition coefficient (Wildman–Crippen LogP) is 1.38. The highest BCUT2D eigenvalue weighted by atomic mass is 16.5. The SMILES string of the molecule is COc1ccc2c(n1)C1(CO2)C(=O)N2CCCCc3ccc1n32. The predicted molar refractivity (Wildman–Crippen MR) is 82.5 cm³/mol. The molecule has 23 heavy (non-hydrogen) atoms. The molecule has 5 rings (SSSR count). The zero-order valence-electron chi connectivity index (χ0n) is 12.9. The van der Waals surface area contributed by atoms with Crippen molar-refractivity contribution >= 4 is 5.91 Å². The number of carbonyl (C=O) groups excluding carboxylic acids is 1. The van der Waals surface area contributed by atoms with Gasteiger partial charge < -0.3 is 9.47 Å². The number of aryl methyl sites for hydroxylation is 1. The average molecular weight is 311 g/mol. The van der Waals surface area contributed by atoms with E-state index in [0.717, 1.165) is 31.5 Å². The second-order valence-electron chi connectivity index (χ2n) is 6.30. The van der Waals surface area contributed by atoms with E-state index in [9.17, 15) is 4.79 Å². The summed E-state index contributed by atoms with van der Waals surface area (Å²) in [5.74, 6) is 1.24. The van der Waals surface area contributed by atoms with E-state index >= 15 is 0 Å². The van der Waals surface area contributed by atoms with Crippen molar-refractivity contribution in [1.29, 1.82) is 0 Å². The molecule has 0 N–H and O–H groups in total. The van der Waals surface area contributed by atoms with Gasteiger partial charge in [0.25, 0.3) is 5.91 Å². The van der Waals surface area contributed by atoms with Crippen molar-refractivity contribution in [2.75, 3.05) is 25.3 Å². The van der Waals surface area contributed by atoms with Gasteiger partial charge in [-0.3, -0.25) is 9.47 Å². The maximum absolute atomic E-state index is 13.3. The molecule has 2 aromatic rings. The minimum atomic E-state index is -0.834. The molecule has 0 saturated carbocycles. The number of methoxy groups -OCH3 is 1. The summed E-state index contributed by atoms with van der Waals surface area (Å²) < 4.78 is 13.2. The largest absolute Gasteiger partial charge is 0.490 e. The van der Waals surface area contributed by atoms with Crippen molar-refractivity contribution < 1.29 is 14.3 Å². The van der Waals surface area contributed by atoms with Crippen LogP contribution in [0, 0.1) is 0 Å². The number of nitrogens with zero attached hydrogens (tertiary/aromatic N) is 3. The van der Waals surface area contributed by atoms with Gasteiger partial charge in [-0.1, -0.05) is 0 Å². The summed E-state index contributed by atoms with van der Waals surface area (Å²) >= 11 is 0. The highest BCUT2D eigenvalue weighted by molar-refractivity contribution is 6.02. The van der Waals surface area contributed by atoms with Crippen molar-refractivity contribution in [3.8, 4) is 11.6 Å². The molecule has 1 spiro atoms. The van der Waals surface area contributed by atoms with Gasteiger partial charge in [0.05, 0.1) is 12.8 Å². The van der Waals surface area contributed by atoms with Gasteiger partial charge in [0.15, 0.2) is 5.41 Å². The molecule has 1 amide bonds. The molecule has 5 heterocycles. The van der Waals surface area contributed by atoms with Crippen LogP contribution in [0.2, 0.25) is 0 Å². The number of fused-ring (bicyclic) bond motifs is 3. The third-order valence-corrected chi connectivity index (χ3v) is 5.16. The molecule has 1 atom stereocenters. The normalized spacial score (nSPS) is 24.4. The van der Waals surface area contributed by atoms with Crippen LogP contribution in [0.1, 0.15) is 29.9 Å². The summed E-state index contributed by atoms with van der Waals surface area (Å²) in [6.45, 7) is 1.05. The van der Waals surface area contributed by atoms with Crippen LogP contribution in [-0.2, 0) is 16.6 Å². The summed E-state index contributed by atoms with van der Waals surface area (Å²) in [5, 5.41) is 1.87. The van der Waals surface area contributed by atoms with Gasteiger partial charge in [0, 0.05) is 18.3 Å². The fraction of sp³-hybridized carbons (Fsp3) is 0.412. The Labute approximate surface area is 133 Å². The third kappa shape index (κ3) is 1.44. The molecule has 0 aliphatic carbocycles. The Balaban J connectivity index is 1.77. The van der Waals surface area contributed by atoms with Gasteiger partial charge in [0.2, 0.25) is 5.88 Å². The number of amides is 1. The van der Waals surface area contributed by atoms with Gasteiger partial charge in [0.1, 0.15) is 18.1 Å². The Hall–Kier alpha value is -2.50. The molecular formula is C17H17N3O3. The Bertz CT molecular complexity index is 828. The topological polar surface area (TPSA) is 56.6 Å². The summed E-state index contributed by atoms with van der Waals surface area (Å²) in [4.78, 5) is 17.9. The summed E-state index contributed by atoms with van der Waals surface area (Å²) in [7, 11) is 1.58. The van der Waals surface area contributed by atoms with Crippen LogP contribution < -0.4 is 14.5 Å². The quantitative estimate of drug-likeness (QED) is 0.798. The summed E-state index contributed by atoms with van der Waals surface area (Å²) in [5.41, 5.74) is 2.01. The molecule has 1 unspecified atom stereocenters. The molecule has 3 aliphatic rings. The van der Waals surface area contributed by atoms with Crippen molar-refractivity contribution in [1.82, 2.24) is 9.66 Å².